The summed E-state index contributed by atoms with van der Waals surface area (Å²) in [6.45, 7) is 0. The highest BCUT2D eigenvalue weighted by molar-refractivity contribution is 6.12. The first-order valence-electron chi connectivity index (χ1n) is 14.8. The summed E-state index contributed by atoms with van der Waals surface area (Å²) in [4.78, 5) is 4.27. The number of nitrogens with zero attached hydrogens (tertiary/aromatic N) is 8. The molecule has 3 heterocycles. The van der Waals surface area contributed by atoms with Crippen LogP contribution < -0.4 is 0 Å². The van der Waals surface area contributed by atoms with E-state index in [0.29, 0.717) is 39.2 Å². The van der Waals surface area contributed by atoms with Gasteiger partial charge >= 0.3 is 0 Å². The Morgan fingerprint density at radius 1 is 0.396 bits per heavy atom. The van der Waals surface area contributed by atoms with E-state index in [4.69, 9.17) is 0 Å². The van der Waals surface area contributed by atoms with Crippen molar-refractivity contribution in [1.29, 1.82) is 26.3 Å². The molecule has 0 amide bonds. The van der Waals surface area contributed by atoms with Crippen molar-refractivity contribution in [2.75, 3.05) is 0 Å². The largest absolute Gasteiger partial charge is 0.308 e. The van der Waals surface area contributed by atoms with Crippen LogP contribution in [-0.4, -0.2) is 14.1 Å². The van der Waals surface area contributed by atoms with Crippen LogP contribution in [0.25, 0.3) is 66.1 Å². The maximum absolute atomic E-state index is 10.5. The van der Waals surface area contributed by atoms with Gasteiger partial charge in [-0.2, -0.15) is 26.3 Å². The molecule has 218 valence electrons. The Morgan fingerprint density at radius 3 is 1.04 bits per heavy atom. The highest BCUT2D eigenvalue weighted by Gasteiger charge is 2.24. The van der Waals surface area contributed by atoms with Crippen molar-refractivity contribution < 1.29 is 0 Å². The number of benzene rings is 5. The maximum Gasteiger partial charge on any atom is 0.0993 e. The molecule has 8 rings (SSSR count). The minimum absolute atomic E-state index is 0.364. The molecule has 0 saturated carbocycles. The van der Waals surface area contributed by atoms with Crippen molar-refractivity contribution in [3.05, 3.63) is 137 Å². The van der Waals surface area contributed by atoms with E-state index in [9.17, 15) is 26.3 Å². The summed E-state index contributed by atoms with van der Waals surface area (Å²) in [5, 5.41) is 53.5. The second-order valence-corrected chi connectivity index (χ2v) is 11.3. The molecule has 0 spiro atoms. The highest BCUT2D eigenvalue weighted by Crippen LogP contribution is 2.43. The first kappa shape index (κ1) is 27.8. The van der Waals surface area contributed by atoms with Crippen molar-refractivity contribution in [3.8, 4) is 52.8 Å². The zero-order chi connectivity index (χ0) is 32.9. The molecule has 3 aromatic heterocycles. The lowest BCUT2D eigenvalue weighted by atomic mass is 9.98. The Labute approximate surface area is 273 Å². The van der Waals surface area contributed by atoms with Crippen LogP contribution in [-0.2, 0) is 0 Å². The Hall–Kier alpha value is -7.70. The molecule has 0 saturated heterocycles. The third-order valence-corrected chi connectivity index (χ3v) is 8.73. The number of hydrogen-bond donors (Lipinski definition) is 0. The molecule has 0 radical (unpaired) electrons. The van der Waals surface area contributed by atoms with Crippen LogP contribution in [0, 0.1) is 56.7 Å². The predicted molar refractivity (Wildman–Crippen MR) is 182 cm³/mol. The molecule has 48 heavy (non-hydrogen) atoms. The molecular weight excluding hydrogens is 592 g/mol. The molecule has 0 bridgehead atoms. The van der Waals surface area contributed by atoms with E-state index in [1.807, 2.05) is 81.9 Å². The summed E-state index contributed by atoms with van der Waals surface area (Å²) in [5.41, 5.74) is 7.97. The van der Waals surface area contributed by atoms with E-state index in [2.05, 4.69) is 35.3 Å². The molecule has 0 fully saturated rings. The van der Waals surface area contributed by atoms with Crippen molar-refractivity contribution >= 4 is 43.6 Å². The van der Waals surface area contributed by atoms with Crippen LogP contribution in [0.15, 0.2) is 109 Å². The van der Waals surface area contributed by atoms with Gasteiger partial charge in [0.2, 0.25) is 0 Å². The van der Waals surface area contributed by atoms with E-state index < -0.39 is 0 Å². The lowest BCUT2D eigenvalue weighted by Gasteiger charge is -2.21. The van der Waals surface area contributed by atoms with Crippen LogP contribution in [0.4, 0.5) is 0 Å². The normalized spacial score (nSPS) is 10.8. The Kier molecular flexibility index (Phi) is 6.22. The van der Waals surface area contributed by atoms with Crippen LogP contribution in [0.3, 0.4) is 0 Å². The van der Waals surface area contributed by atoms with Gasteiger partial charge in [0.25, 0.3) is 0 Å². The number of nitriles is 5. The number of rotatable bonds is 3. The van der Waals surface area contributed by atoms with Gasteiger partial charge in [0.1, 0.15) is 0 Å². The van der Waals surface area contributed by atoms with Crippen molar-refractivity contribution in [2.24, 2.45) is 0 Å². The van der Waals surface area contributed by atoms with Crippen LogP contribution in [0.1, 0.15) is 27.8 Å². The Balaban J connectivity index is 1.63. The van der Waals surface area contributed by atoms with Gasteiger partial charge < -0.3 is 9.13 Å². The van der Waals surface area contributed by atoms with Gasteiger partial charge in [0.05, 0.1) is 91.6 Å². The topological polar surface area (TPSA) is 142 Å². The van der Waals surface area contributed by atoms with Gasteiger partial charge in [-0.3, -0.25) is 4.98 Å². The molecule has 0 N–H and O–H groups in total. The molecule has 5 aromatic carbocycles. The van der Waals surface area contributed by atoms with Crippen molar-refractivity contribution in [2.45, 2.75) is 0 Å². The first-order valence-corrected chi connectivity index (χ1v) is 14.8. The molecular formula is C40H18N8. The number of aromatic nitrogens is 3. The van der Waals surface area contributed by atoms with Crippen molar-refractivity contribution in [3.63, 3.8) is 0 Å². The number of fused-ring (bicyclic) bond motifs is 6. The summed E-state index contributed by atoms with van der Waals surface area (Å²) >= 11 is 0. The fourth-order valence-electron chi connectivity index (χ4n) is 6.68. The summed E-state index contributed by atoms with van der Waals surface area (Å²) in [6.07, 6.45) is 3.39. The summed E-state index contributed by atoms with van der Waals surface area (Å²) in [5.74, 6) is 0. The van der Waals surface area contributed by atoms with E-state index in [1.165, 1.54) is 0 Å². The number of pyridine rings is 1. The van der Waals surface area contributed by atoms with Crippen LogP contribution in [0.2, 0.25) is 0 Å². The zero-order valence-electron chi connectivity index (χ0n) is 25.0. The first-order chi connectivity index (χ1) is 23.6. The van der Waals surface area contributed by atoms with Gasteiger partial charge in [-0.1, -0.05) is 24.3 Å². The lowest BCUT2D eigenvalue weighted by molar-refractivity contribution is 1.13. The van der Waals surface area contributed by atoms with Crippen LogP contribution in [0.5, 0.6) is 0 Å². The second-order valence-electron chi connectivity index (χ2n) is 11.3. The smallest absolute Gasteiger partial charge is 0.0993 e. The quantitative estimate of drug-likeness (QED) is 0.197. The molecule has 0 aliphatic heterocycles. The fraction of sp³-hybridized carbons (Fsp3) is 0. The predicted octanol–water partition coefficient (Wildman–Crippen LogP) is 8.30. The van der Waals surface area contributed by atoms with Gasteiger partial charge in [-0.25, -0.2) is 0 Å². The summed E-state index contributed by atoms with van der Waals surface area (Å²) < 4.78 is 4.00. The highest BCUT2D eigenvalue weighted by atomic mass is 15.0. The molecule has 8 aromatic rings. The monoisotopic (exact) mass is 610 g/mol. The molecule has 0 atom stereocenters. The second kappa shape index (κ2) is 10.7. The van der Waals surface area contributed by atoms with Crippen molar-refractivity contribution in [1.82, 2.24) is 14.1 Å². The maximum atomic E-state index is 10.5. The fourth-order valence-corrected chi connectivity index (χ4v) is 6.68. The molecule has 0 aliphatic carbocycles. The van der Waals surface area contributed by atoms with Gasteiger partial charge in [-0.15, -0.1) is 0 Å². The Morgan fingerprint density at radius 2 is 0.729 bits per heavy atom. The third kappa shape index (κ3) is 4.08. The molecule has 0 unspecified atom stereocenters. The minimum atomic E-state index is 0.364. The summed E-state index contributed by atoms with van der Waals surface area (Å²) in [7, 11) is 0. The van der Waals surface area contributed by atoms with Gasteiger partial charge in [0.15, 0.2) is 0 Å². The van der Waals surface area contributed by atoms with E-state index >= 15 is 0 Å². The average Bonchev–Trinajstić information content (AvgIpc) is 3.64. The third-order valence-electron chi connectivity index (χ3n) is 8.73. The van der Waals surface area contributed by atoms with Crippen LogP contribution >= 0.6 is 0 Å². The lowest BCUT2D eigenvalue weighted by Crippen LogP contribution is -2.05. The van der Waals surface area contributed by atoms with Gasteiger partial charge in [-0.05, 0) is 78.4 Å². The van der Waals surface area contributed by atoms with E-state index in [0.717, 1.165) is 54.7 Å². The molecule has 8 heteroatoms. The van der Waals surface area contributed by atoms with Gasteiger partial charge in [0, 0.05) is 39.5 Å². The average molecular weight is 611 g/mol. The molecule has 0 aliphatic rings. The molecule has 8 nitrogen and oxygen atoms in total. The minimum Gasteiger partial charge on any atom is -0.308 e. The zero-order valence-corrected chi connectivity index (χ0v) is 25.0. The standard InChI is InChI=1S/C40H18N8/c41-19-24-1-5-30-31-6-2-25(20-42)14-35(31)47(34(30)13-24)38-17-28(23-45)18-39(40(38)29-9-11-46-12-10-29)48-36-15-26(21-43)3-7-32(36)33-8-4-27(22-44)16-37(33)48/h1-18H. The summed E-state index contributed by atoms with van der Waals surface area (Å²) in [6, 6.07) is 40.7. The number of hydrogen-bond acceptors (Lipinski definition) is 6. The Bertz CT molecular complexity index is 2580. The van der Waals surface area contributed by atoms with E-state index in [1.54, 1.807) is 36.7 Å². The SMILES string of the molecule is N#Cc1cc(-n2c3cc(C#N)ccc3c3ccc(C#N)cc32)c(-c2ccncc2)c(-n2c3cc(C#N)ccc3c3ccc(C#N)cc32)c1. The van der Waals surface area contributed by atoms with E-state index in [-0.39, 0.29) is 0 Å².